The van der Waals surface area contributed by atoms with Crippen molar-refractivity contribution in [1.29, 1.82) is 0 Å². The van der Waals surface area contributed by atoms with Crippen molar-refractivity contribution >= 4 is 17.9 Å². The lowest BCUT2D eigenvalue weighted by atomic mass is 9.92. The summed E-state index contributed by atoms with van der Waals surface area (Å²) in [4.78, 5) is 36.1. The van der Waals surface area contributed by atoms with Gasteiger partial charge in [0.05, 0.1) is 12.7 Å². The second kappa shape index (κ2) is 15.2. The van der Waals surface area contributed by atoms with Gasteiger partial charge in [0, 0.05) is 16.7 Å². The molecule has 0 radical (unpaired) electrons. The van der Waals surface area contributed by atoms with Crippen LogP contribution in [0.2, 0.25) is 0 Å². The van der Waals surface area contributed by atoms with Gasteiger partial charge < -0.3 is 23.7 Å². The van der Waals surface area contributed by atoms with E-state index < -0.39 is 17.9 Å². The van der Waals surface area contributed by atoms with Crippen LogP contribution in [0.5, 0.6) is 11.5 Å². The number of aryl methyl sites for hydroxylation is 1. The number of carbonyl (C=O) groups excluding carboxylic acids is 3. The van der Waals surface area contributed by atoms with E-state index in [9.17, 15) is 14.4 Å². The van der Waals surface area contributed by atoms with Crippen molar-refractivity contribution in [2.45, 2.75) is 27.2 Å². The average molecular weight is 573 g/mol. The van der Waals surface area contributed by atoms with E-state index >= 15 is 0 Å². The minimum absolute atomic E-state index is 0.00490. The number of benzene rings is 3. The molecule has 0 bridgehead atoms. The first-order chi connectivity index (χ1) is 20.1. The molecule has 220 valence electrons. The lowest BCUT2D eigenvalue weighted by Crippen LogP contribution is -2.15. The van der Waals surface area contributed by atoms with Crippen molar-refractivity contribution < 1.29 is 38.1 Å². The van der Waals surface area contributed by atoms with E-state index in [2.05, 4.69) is 26.1 Å². The van der Waals surface area contributed by atoms with Crippen LogP contribution in [0.4, 0.5) is 0 Å². The monoisotopic (exact) mass is 572 g/mol. The molecule has 0 heterocycles. The SMILES string of the molecule is C=C(C)C(=O)OCCOC(=O)c1ccc(-c2ccc(-c3ccc(OC)cc3)cc2CC)c(OCCOC(=O)C(=C)C)c1. The summed E-state index contributed by atoms with van der Waals surface area (Å²) >= 11 is 0. The Bertz CT molecular complexity index is 1450. The first-order valence-corrected chi connectivity index (χ1v) is 13.5. The van der Waals surface area contributed by atoms with Crippen LogP contribution in [0, 0.1) is 0 Å². The largest absolute Gasteiger partial charge is 0.497 e. The Morgan fingerprint density at radius 2 is 1.26 bits per heavy atom. The van der Waals surface area contributed by atoms with E-state index in [4.69, 9.17) is 23.7 Å². The van der Waals surface area contributed by atoms with E-state index in [1.165, 1.54) is 6.92 Å². The zero-order valence-corrected chi connectivity index (χ0v) is 24.5. The van der Waals surface area contributed by atoms with Gasteiger partial charge in [-0.2, -0.15) is 0 Å². The molecule has 0 N–H and O–H groups in total. The first kappa shape index (κ1) is 31.7. The summed E-state index contributed by atoms with van der Waals surface area (Å²) in [7, 11) is 1.63. The molecule has 0 spiro atoms. The molecule has 0 aliphatic rings. The molecule has 0 saturated heterocycles. The summed E-state index contributed by atoms with van der Waals surface area (Å²) in [5, 5.41) is 0. The molecule has 3 aromatic carbocycles. The zero-order valence-electron chi connectivity index (χ0n) is 24.5. The molecule has 0 fully saturated rings. The Labute approximate surface area is 246 Å². The Morgan fingerprint density at radius 3 is 1.86 bits per heavy atom. The van der Waals surface area contributed by atoms with Crippen LogP contribution in [0.3, 0.4) is 0 Å². The highest BCUT2D eigenvalue weighted by molar-refractivity contribution is 5.92. The standard InChI is InChI=1S/C34H36O8/c1-7-24-20-26(25-8-12-28(38-6)13-9-25)10-14-29(24)30-15-11-27(34(37)42-19-18-41-33(36)23(4)5)21-31(30)39-16-17-40-32(35)22(2)3/h8-15,20-21H,2,4,7,16-19H2,1,3,5-6H3. The van der Waals surface area contributed by atoms with Gasteiger partial charge in [0.2, 0.25) is 0 Å². The predicted octanol–water partition coefficient (Wildman–Crippen LogP) is 6.37. The maximum atomic E-state index is 12.8. The Hall–Kier alpha value is -4.85. The van der Waals surface area contributed by atoms with Gasteiger partial charge in [0.25, 0.3) is 0 Å². The normalized spacial score (nSPS) is 10.4. The van der Waals surface area contributed by atoms with E-state index in [1.54, 1.807) is 32.2 Å². The number of esters is 3. The summed E-state index contributed by atoms with van der Waals surface area (Å²) < 4.78 is 26.7. The topological polar surface area (TPSA) is 97.4 Å². The molecule has 0 aliphatic heterocycles. The molecule has 0 amide bonds. The third-order valence-corrected chi connectivity index (χ3v) is 6.24. The van der Waals surface area contributed by atoms with Gasteiger partial charge in [-0.25, -0.2) is 14.4 Å². The Kier molecular flexibility index (Phi) is 11.5. The third kappa shape index (κ3) is 8.57. The van der Waals surface area contributed by atoms with Gasteiger partial charge >= 0.3 is 17.9 Å². The molecule has 0 unspecified atom stereocenters. The fourth-order valence-electron chi connectivity index (χ4n) is 3.99. The molecule has 0 aliphatic carbocycles. The van der Waals surface area contributed by atoms with Gasteiger partial charge in [-0.15, -0.1) is 0 Å². The van der Waals surface area contributed by atoms with Crippen LogP contribution in [-0.2, 0) is 30.2 Å². The maximum Gasteiger partial charge on any atom is 0.338 e. The van der Waals surface area contributed by atoms with Crippen molar-refractivity contribution in [2.75, 3.05) is 33.5 Å². The number of hydrogen-bond acceptors (Lipinski definition) is 8. The van der Waals surface area contributed by atoms with Crippen LogP contribution in [0.15, 0.2) is 85.0 Å². The lowest BCUT2D eigenvalue weighted by molar-refractivity contribution is -0.140. The van der Waals surface area contributed by atoms with Gasteiger partial charge in [0.1, 0.15) is 37.9 Å². The number of hydrogen-bond donors (Lipinski definition) is 0. The number of ether oxygens (including phenoxy) is 5. The second-order valence-corrected chi connectivity index (χ2v) is 9.48. The second-order valence-electron chi connectivity index (χ2n) is 9.48. The highest BCUT2D eigenvalue weighted by Crippen LogP contribution is 2.36. The minimum atomic E-state index is -0.600. The van der Waals surface area contributed by atoms with Crippen LogP contribution >= 0.6 is 0 Å². The molecular formula is C34H36O8. The zero-order chi connectivity index (χ0) is 30.6. The molecule has 0 atom stereocenters. The van der Waals surface area contributed by atoms with Gasteiger partial charge in [-0.3, -0.25) is 0 Å². The molecule has 3 aromatic rings. The van der Waals surface area contributed by atoms with Gasteiger partial charge in [-0.05, 0) is 72.9 Å². The van der Waals surface area contributed by atoms with Crippen LogP contribution in [0.25, 0.3) is 22.3 Å². The van der Waals surface area contributed by atoms with Crippen LogP contribution in [0.1, 0.15) is 36.7 Å². The maximum absolute atomic E-state index is 12.8. The van der Waals surface area contributed by atoms with Crippen molar-refractivity contribution in [2.24, 2.45) is 0 Å². The van der Waals surface area contributed by atoms with E-state index in [-0.39, 0.29) is 37.6 Å². The molecule has 0 saturated carbocycles. The lowest BCUT2D eigenvalue weighted by Gasteiger charge is -2.17. The minimum Gasteiger partial charge on any atom is -0.497 e. The number of carbonyl (C=O) groups is 3. The summed E-state index contributed by atoms with van der Waals surface area (Å²) in [5.41, 5.74) is 5.71. The van der Waals surface area contributed by atoms with Gasteiger partial charge in [0.15, 0.2) is 0 Å². The van der Waals surface area contributed by atoms with E-state index in [1.807, 2.05) is 36.4 Å². The highest BCUT2D eigenvalue weighted by atomic mass is 16.6. The number of rotatable bonds is 14. The predicted molar refractivity (Wildman–Crippen MR) is 161 cm³/mol. The van der Waals surface area contributed by atoms with E-state index in [0.29, 0.717) is 11.3 Å². The average Bonchev–Trinajstić information content (AvgIpc) is 3.00. The van der Waals surface area contributed by atoms with Crippen molar-refractivity contribution in [3.05, 3.63) is 96.1 Å². The molecule has 8 nitrogen and oxygen atoms in total. The smallest absolute Gasteiger partial charge is 0.338 e. The number of methoxy groups -OCH3 is 1. The molecule has 0 aromatic heterocycles. The van der Waals surface area contributed by atoms with Crippen LogP contribution in [-0.4, -0.2) is 51.4 Å². The fourth-order valence-corrected chi connectivity index (χ4v) is 3.99. The van der Waals surface area contributed by atoms with Crippen molar-refractivity contribution in [3.63, 3.8) is 0 Å². The van der Waals surface area contributed by atoms with E-state index in [0.717, 1.165) is 40.0 Å². The van der Waals surface area contributed by atoms with Crippen molar-refractivity contribution in [1.82, 2.24) is 0 Å². The quantitative estimate of drug-likeness (QED) is 0.0952. The molecular weight excluding hydrogens is 536 g/mol. The Balaban J connectivity index is 1.87. The third-order valence-electron chi connectivity index (χ3n) is 6.24. The highest BCUT2D eigenvalue weighted by Gasteiger charge is 2.17. The van der Waals surface area contributed by atoms with Gasteiger partial charge in [-0.1, -0.05) is 50.4 Å². The summed E-state index contributed by atoms with van der Waals surface area (Å²) in [6, 6.07) is 19.1. The first-order valence-electron chi connectivity index (χ1n) is 13.5. The summed E-state index contributed by atoms with van der Waals surface area (Å²) in [6.07, 6.45) is 0.752. The molecule has 8 heteroatoms. The van der Waals surface area contributed by atoms with Crippen LogP contribution < -0.4 is 9.47 Å². The molecule has 3 rings (SSSR count). The Morgan fingerprint density at radius 1 is 0.690 bits per heavy atom. The summed E-state index contributed by atoms with van der Waals surface area (Å²) in [5.74, 6) is -0.448. The fraction of sp³-hybridized carbons (Fsp3) is 0.265. The summed E-state index contributed by atoms with van der Waals surface area (Å²) in [6.45, 7) is 12.1. The van der Waals surface area contributed by atoms with Crippen molar-refractivity contribution in [3.8, 4) is 33.8 Å². The molecule has 42 heavy (non-hydrogen) atoms.